The van der Waals surface area contributed by atoms with Gasteiger partial charge in [-0.3, -0.25) is 25.7 Å². The molecule has 0 saturated heterocycles. The predicted molar refractivity (Wildman–Crippen MR) is 105 cm³/mol. The number of rotatable bonds is 7. The van der Waals surface area contributed by atoms with Crippen LogP contribution < -0.4 is 5.43 Å². The second-order valence-electron chi connectivity index (χ2n) is 5.30. The van der Waals surface area contributed by atoms with Gasteiger partial charge in [0.2, 0.25) is 0 Å². The van der Waals surface area contributed by atoms with E-state index in [0.717, 1.165) is 17.0 Å². The van der Waals surface area contributed by atoms with Crippen LogP contribution in [0.25, 0.3) is 0 Å². The van der Waals surface area contributed by atoms with E-state index in [2.05, 4.69) is 10.5 Å². The Morgan fingerprint density at radius 1 is 1.04 bits per heavy atom. The van der Waals surface area contributed by atoms with Crippen molar-refractivity contribution in [1.82, 2.24) is 0 Å². The summed E-state index contributed by atoms with van der Waals surface area (Å²) < 4.78 is 5.60. The minimum atomic E-state index is -0.724. The van der Waals surface area contributed by atoms with Crippen LogP contribution in [-0.2, 0) is 0 Å². The van der Waals surface area contributed by atoms with Crippen molar-refractivity contribution in [1.29, 1.82) is 0 Å². The zero-order valence-corrected chi connectivity index (χ0v) is 15.5. The first kappa shape index (κ1) is 19.4. The number of nitrogens with zero attached hydrogens (tertiary/aromatic N) is 3. The lowest BCUT2D eigenvalue weighted by Crippen LogP contribution is -1.98. The first-order valence-electron chi connectivity index (χ1n) is 7.67. The van der Waals surface area contributed by atoms with Crippen molar-refractivity contribution in [3.8, 4) is 0 Å². The van der Waals surface area contributed by atoms with E-state index in [1.807, 2.05) is 12.1 Å². The van der Waals surface area contributed by atoms with Gasteiger partial charge in [0.15, 0.2) is 5.09 Å². The number of non-ortho nitro benzene ring substituents is 1. The monoisotopic (exact) mass is 418 g/mol. The molecule has 0 aliphatic rings. The lowest BCUT2D eigenvalue weighted by molar-refractivity contribution is -0.393. The molecule has 11 heteroatoms. The molecule has 1 N–H and O–H groups in total. The summed E-state index contributed by atoms with van der Waals surface area (Å²) in [7, 11) is 0. The van der Waals surface area contributed by atoms with E-state index in [4.69, 9.17) is 16.0 Å². The van der Waals surface area contributed by atoms with E-state index in [1.165, 1.54) is 24.0 Å². The highest BCUT2D eigenvalue weighted by Crippen LogP contribution is 2.30. The van der Waals surface area contributed by atoms with E-state index in [9.17, 15) is 20.2 Å². The molecule has 3 aromatic rings. The van der Waals surface area contributed by atoms with E-state index in [0.29, 0.717) is 15.9 Å². The fourth-order valence-corrected chi connectivity index (χ4v) is 3.03. The lowest BCUT2D eigenvalue weighted by atomic mass is 10.2. The summed E-state index contributed by atoms with van der Waals surface area (Å²) in [5.41, 5.74) is 1.69. The summed E-state index contributed by atoms with van der Waals surface area (Å²) in [5.74, 6) is 0.425. The third kappa shape index (κ3) is 4.87. The first-order valence-corrected chi connectivity index (χ1v) is 8.87. The van der Waals surface area contributed by atoms with Crippen LogP contribution in [0.4, 0.5) is 17.1 Å². The second kappa shape index (κ2) is 8.55. The van der Waals surface area contributed by atoms with Crippen molar-refractivity contribution in [3.05, 3.63) is 85.6 Å². The number of benzene rings is 2. The number of hydrogen-bond acceptors (Lipinski definition) is 8. The summed E-state index contributed by atoms with van der Waals surface area (Å²) in [4.78, 5) is 21.4. The Balaban J connectivity index is 1.68. The van der Waals surface area contributed by atoms with Crippen LogP contribution in [0.5, 0.6) is 0 Å². The van der Waals surface area contributed by atoms with Crippen LogP contribution in [-0.4, -0.2) is 16.1 Å². The standard InChI is InChI=1S/C17H11ClN4O5S/c18-11-1-5-14(6-2-11)28-17-8-4-13(27-17)10-19-20-15-7-3-12(21(23)24)9-16(15)22(25)26/h1-10,20H/b19-10+. The molecule has 1 aromatic heterocycles. The van der Waals surface area contributed by atoms with Gasteiger partial charge in [0, 0.05) is 16.0 Å². The number of nitro benzene ring substituents is 2. The number of hydrogen-bond donors (Lipinski definition) is 1. The highest BCUT2D eigenvalue weighted by atomic mass is 35.5. The van der Waals surface area contributed by atoms with Crippen molar-refractivity contribution < 1.29 is 14.3 Å². The SMILES string of the molecule is O=[N+]([O-])c1ccc(N/N=C/c2ccc(Sc3ccc(Cl)cc3)o2)c([N+](=O)[O-])c1. The van der Waals surface area contributed by atoms with Gasteiger partial charge in [-0.05, 0) is 42.5 Å². The Bertz CT molecular complexity index is 1050. The summed E-state index contributed by atoms with van der Waals surface area (Å²) in [6.45, 7) is 0. The average molecular weight is 419 g/mol. The highest BCUT2D eigenvalue weighted by Gasteiger charge is 2.19. The molecule has 142 valence electrons. The molecule has 0 unspecified atom stereocenters. The Hall–Kier alpha value is -3.37. The molecule has 0 saturated carbocycles. The van der Waals surface area contributed by atoms with Crippen molar-refractivity contribution in [2.45, 2.75) is 9.99 Å². The smallest absolute Gasteiger partial charge is 0.301 e. The van der Waals surface area contributed by atoms with Crippen LogP contribution >= 0.6 is 23.4 Å². The van der Waals surface area contributed by atoms with E-state index in [1.54, 1.807) is 24.3 Å². The summed E-state index contributed by atoms with van der Waals surface area (Å²) in [5, 5.41) is 27.0. The Morgan fingerprint density at radius 3 is 2.46 bits per heavy atom. The second-order valence-corrected chi connectivity index (χ2v) is 6.81. The van der Waals surface area contributed by atoms with Gasteiger partial charge in [0.25, 0.3) is 5.69 Å². The topological polar surface area (TPSA) is 124 Å². The van der Waals surface area contributed by atoms with Crippen LogP contribution in [0.15, 0.2) is 74.1 Å². The average Bonchev–Trinajstić information content (AvgIpc) is 3.10. The van der Waals surface area contributed by atoms with Crippen molar-refractivity contribution in [3.63, 3.8) is 0 Å². The van der Waals surface area contributed by atoms with Gasteiger partial charge < -0.3 is 4.42 Å². The third-order valence-corrected chi connectivity index (χ3v) is 4.58. The van der Waals surface area contributed by atoms with E-state index >= 15 is 0 Å². The Morgan fingerprint density at radius 2 is 1.79 bits per heavy atom. The van der Waals surface area contributed by atoms with Crippen molar-refractivity contribution >= 4 is 46.6 Å². The first-order chi connectivity index (χ1) is 13.4. The third-order valence-electron chi connectivity index (χ3n) is 3.40. The van der Waals surface area contributed by atoms with Crippen molar-refractivity contribution in [2.24, 2.45) is 5.10 Å². The Kier molecular flexibility index (Phi) is 5.92. The summed E-state index contributed by atoms with van der Waals surface area (Å²) in [6, 6.07) is 14.0. The molecule has 9 nitrogen and oxygen atoms in total. The van der Waals surface area contributed by atoms with Crippen LogP contribution in [0.3, 0.4) is 0 Å². The number of anilines is 1. The zero-order chi connectivity index (χ0) is 20.1. The molecule has 0 fully saturated rings. The molecule has 3 rings (SSSR count). The minimum Gasteiger partial charge on any atom is -0.448 e. The number of nitro groups is 2. The maximum Gasteiger partial charge on any atom is 0.301 e. The van der Waals surface area contributed by atoms with Crippen molar-refractivity contribution in [2.75, 3.05) is 5.43 Å². The van der Waals surface area contributed by atoms with Crippen LogP contribution in [0.1, 0.15) is 5.76 Å². The van der Waals surface area contributed by atoms with Gasteiger partial charge in [-0.2, -0.15) is 5.10 Å². The number of hydrazone groups is 1. The number of furan rings is 1. The fraction of sp³-hybridized carbons (Fsp3) is 0. The van der Waals surface area contributed by atoms with Gasteiger partial charge in [-0.25, -0.2) is 0 Å². The van der Waals surface area contributed by atoms with Gasteiger partial charge in [-0.1, -0.05) is 23.4 Å². The molecule has 0 atom stereocenters. The number of halogens is 1. The van der Waals surface area contributed by atoms with Gasteiger partial charge in [-0.15, -0.1) is 0 Å². The molecule has 0 aliphatic heterocycles. The quantitative estimate of drug-likeness (QED) is 0.311. The normalized spacial score (nSPS) is 10.9. The molecular formula is C17H11ClN4O5S. The maximum absolute atomic E-state index is 11.1. The zero-order valence-electron chi connectivity index (χ0n) is 13.9. The summed E-state index contributed by atoms with van der Waals surface area (Å²) >= 11 is 7.25. The molecule has 0 spiro atoms. The number of nitrogens with one attached hydrogen (secondary N) is 1. The van der Waals surface area contributed by atoms with E-state index < -0.39 is 15.5 Å². The molecular weight excluding hydrogens is 408 g/mol. The van der Waals surface area contributed by atoms with Gasteiger partial charge in [0.1, 0.15) is 11.4 Å². The molecule has 2 aromatic carbocycles. The minimum absolute atomic E-state index is 0.0224. The largest absolute Gasteiger partial charge is 0.448 e. The molecule has 1 heterocycles. The highest BCUT2D eigenvalue weighted by molar-refractivity contribution is 7.99. The molecule has 0 aliphatic carbocycles. The summed E-state index contributed by atoms with van der Waals surface area (Å²) in [6.07, 6.45) is 1.34. The molecule has 0 radical (unpaired) electrons. The maximum atomic E-state index is 11.1. The fourth-order valence-electron chi connectivity index (χ4n) is 2.12. The van der Waals surface area contributed by atoms with Gasteiger partial charge >= 0.3 is 5.69 Å². The molecule has 0 bridgehead atoms. The lowest BCUT2D eigenvalue weighted by Gasteiger charge is -2.01. The van der Waals surface area contributed by atoms with E-state index in [-0.39, 0.29) is 11.4 Å². The Labute approximate surface area is 167 Å². The van der Waals surface area contributed by atoms with Crippen LogP contribution in [0.2, 0.25) is 5.02 Å². The molecule has 28 heavy (non-hydrogen) atoms. The van der Waals surface area contributed by atoms with Crippen LogP contribution in [0, 0.1) is 20.2 Å². The van der Waals surface area contributed by atoms with Gasteiger partial charge in [0.05, 0.1) is 22.1 Å². The molecule has 0 amide bonds. The predicted octanol–water partition coefficient (Wildman–Crippen LogP) is 5.35.